The van der Waals surface area contributed by atoms with Gasteiger partial charge in [-0.05, 0) is 49.7 Å². The third-order valence-corrected chi connectivity index (χ3v) is 6.99. The first-order valence-corrected chi connectivity index (χ1v) is 11.5. The van der Waals surface area contributed by atoms with E-state index in [2.05, 4.69) is 9.97 Å². The van der Waals surface area contributed by atoms with Gasteiger partial charge in [0, 0.05) is 37.7 Å². The van der Waals surface area contributed by atoms with Crippen LogP contribution < -0.4 is 21.5 Å². The Kier molecular flexibility index (Phi) is 7.61. The molecule has 1 aromatic carbocycles. The van der Waals surface area contributed by atoms with E-state index in [9.17, 15) is 22.8 Å². The number of benzene rings is 1. The highest BCUT2D eigenvalue weighted by molar-refractivity contribution is 7.89. The van der Waals surface area contributed by atoms with Crippen LogP contribution in [0.2, 0.25) is 0 Å². The van der Waals surface area contributed by atoms with Crippen LogP contribution in [0.4, 0.5) is 0 Å². The molecule has 0 saturated heterocycles. The monoisotopic (exact) mass is 489 g/mol. The van der Waals surface area contributed by atoms with E-state index < -0.39 is 33.2 Å². The molecule has 3 rings (SSSR count). The van der Waals surface area contributed by atoms with Gasteiger partial charge < -0.3 is 4.74 Å². The van der Waals surface area contributed by atoms with E-state index in [1.165, 1.54) is 54.4 Å². The number of carbonyl (C=O) groups excluding carboxylic acids is 1. The van der Waals surface area contributed by atoms with Gasteiger partial charge in [0.1, 0.15) is 17.5 Å². The third kappa shape index (κ3) is 5.57. The Morgan fingerprint density at radius 1 is 1.18 bits per heavy atom. The molecule has 0 aliphatic carbocycles. The number of carbonyl (C=O) groups is 1. The minimum absolute atomic E-state index is 0.0852. The molecule has 0 bridgehead atoms. The van der Waals surface area contributed by atoms with Crippen LogP contribution in [-0.4, -0.2) is 51.5 Å². The Morgan fingerprint density at radius 3 is 2.38 bits per heavy atom. The molecule has 0 saturated carbocycles. The van der Waals surface area contributed by atoms with E-state index in [1.807, 2.05) is 0 Å². The highest BCUT2D eigenvalue weighted by Gasteiger charge is 2.33. The summed E-state index contributed by atoms with van der Waals surface area (Å²) < 4.78 is 33.9. The third-order valence-electron chi connectivity index (χ3n) is 5.11. The maximum Gasteiger partial charge on any atom is 0.328 e. The van der Waals surface area contributed by atoms with Crippen molar-refractivity contribution in [2.24, 2.45) is 0 Å². The molecule has 180 valence electrons. The molecule has 13 heteroatoms. The number of rotatable bonds is 9. The van der Waals surface area contributed by atoms with Crippen LogP contribution in [0, 0.1) is 6.92 Å². The van der Waals surface area contributed by atoms with Gasteiger partial charge in [-0.25, -0.2) is 18.7 Å². The number of hydroxylamine groups is 1. The second-order valence-electron chi connectivity index (χ2n) is 7.29. The molecule has 0 aliphatic heterocycles. The van der Waals surface area contributed by atoms with Crippen molar-refractivity contribution >= 4 is 15.9 Å². The summed E-state index contributed by atoms with van der Waals surface area (Å²) in [7, 11) is -2.97. The zero-order chi connectivity index (χ0) is 24.9. The van der Waals surface area contributed by atoms with E-state index in [4.69, 9.17) is 9.94 Å². The minimum Gasteiger partial charge on any atom is -0.457 e. The Hall–Kier alpha value is -3.81. The molecule has 0 spiro atoms. The molecule has 2 heterocycles. The molecule has 2 aromatic heterocycles. The fraction of sp³-hybridized carbons (Fsp3) is 0.238. The molecule has 1 atom stereocenters. The molecule has 12 nitrogen and oxygen atoms in total. The first-order valence-electron chi connectivity index (χ1n) is 10.0. The van der Waals surface area contributed by atoms with Gasteiger partial charge in [0.05, 0.1) is 4.90 Å². The van der Waals surface area contributed by atoms with Crippen molar-refractivity contribution in [3.8, 4) is 11.5 Å². The minimum atomic E-state index is -4.16. The number of aromatic nitrogens is 3. The number of pyridine rings is 1. The largest absolute Gasteiger partial charge is 0.457 e. The summed E-state index contributed by atoms with van der Waals surface area (Å²) in [6.45, 7) is 1.45. The number of hydrogen-bond donors (Lipinski definition) is 3. The van der Waals surface area contributed by atoms with E-state index >= 15 is 0 Å². The lowest BCUT2D eigenvalue weighted by Crippen LogP contribution is -2.47. The topological polar surface area (TPSA) is 164 Å². The lowest BCUT2D eigenvalue weighted by Gasteiger charge is -2.26. The van der Waals surface area contributed by atoms with Gasteiger partial charge in [-0.3, -0.25) is 29.3 Å². The standard InChI is InChI=1S/C21H23N5O7S/c1-14-13-19(27)23-21(29)26(14)12-9-18(20(28)24-30)25(2)34(31,32)17-5-3-15(4-6-17)33-16-7-10-22-11-8-16/h3-8,10-11,13,18,30H,9,12H2,1-2H3,(H,24,28)(H,23,27,29). The quantitative estimate of drug-likeness (QED) is 0.291. The lowest BCUT2D eigenvalue weighted by atomic mass is 10.2. The summed E-state index contributed by atoms with van der Waals surface area (Å²) in [5.41, 5.74) is 0.544. The lowest BCUT2D eigenvalue weighted by molar-refractivity contribution is -0.133. The van der Waals surface area contributed by atoms with E-state index in [1.54, 1.807) is 24.5 Å². The first kappa shape index (κ1) is 24.8. The van der Waals surface area contributed by atoms with Crippen LogP contribution in [0.25, 0.3) is 0 Å². The zero-order valence-electron chi connectivity index (χ0n) is 18.3. The Balaban J connectivity index is 1.81. The normalized spacial score (nSPS) is 12.4. The molecule has 0 aliphatic rings. The molecule has 1 amide bonds. The number of aromatic amines is 1. The number of hydrogen-bond acceptors (Lipinski definition) is 8. The Morgan fingerprint density at radius 2 is 1.79 bits per heavy atom. The zero-order valence-corrected chi connectivity index (χ0v) is 19.2. The van der Waals surface area contributed by atoms with Crippen LogP contribution in [0.15, 0.2) is 69.3 Å². The second kappa shape index (κ2) is 10.4. The van der Waals surface area contributed by atoms with Crippen molar-refractivity contribution in [1.82, 2.24) is 24.3 Å². The molecule has 34 heavy (non-hydrogen) atoms. The summed E-state index contributed by atoms with van der Waals surface area (Å²) in [6.07, 6.45) is 2.95. The van der Waals surface area contributed by atoms with Crippen molar-refractivity contribution in [2.45, 2.75) is 30.8 Å². The van der Waals surface area contributed by atoms with Gasteiger partial charge in [0.2, 0.25) is 10.0 Å². The summed E-state index contributed by atoms with van der Waals surface area (Å²) in [6, 6.07) is 8.73. The average molecular weight is 490 g/mol. The predicted molar refractivity (Wildman–Crippen MR) is 120 cm³/mol. The SMILES string of the molecule is Cc1cc(=O)[nH]c(=O)n1CCC(C(=O)NO)N(C)S(=O)(=O)c1ccc(Oc2ccncc2)cc1. The van der Waals surface area contributed by atoms with Crippen molar-refractivity contribution in [3.63, 3.8) is 0 Å². The first-order chi connectivity index (χ1) is 16.1. The fourth-order valence-corrected chi connectivity index (χ4v) is 4.62. The van der Waals surface area contributed by atoms with Crippen LogP contribution in [0.3, 0.4) is 0 Å². The number of likely N-dealkylation sites (N-methyl/N-ethyl adjacent to an activating group) is 1. The molecular formula is C21H23N5O7S. The summed E-state index contributed by atoms with van der Waals surface area (Å²) >= 11 is 0. The number of nitrogens with one attached hydrogen (secondary N) is 2. The van der Waals surface area contributed by atoms with Crippen molar-refractivity contribution < 1.29 is 23.2 Å². The van der Waals surface area contributed by atoms with Crippen LogP contribution in [0.1, 0.15) is 12.1 Å². The fourth-order valence-electron chi connectivity index (χ4n) is 3.27. The average Bonchev–Trinajstić information content (AvgIpc) is 2.81. The second-order valence-corrected chi connectivity index (χ2v) is 9.29. The van der Waals surface area contributed by atoms with Gasteiger partial charge in [0.15, 0.2) is 0 Å². The van der Waals surface area contributed by atoms with Crippen molar-refractivity contribution in [3.05, 3.63) is 81.4 Å². The smallest absolute Gasteiger partial charge is 0.328 e. The number of H-pyrrole nitrogens is 1. The number of amides is 1. The molecule has 3 aromatic rings. The highest BCUT2D eigenvalue weighted by atomic mass is 32.2. The van der Waals surface area contributed by atoms with Gasteiger partial charge in [-0.2, -0.15) is 4.31 Å². The maximum atomic E-state index is 13.2. The summed E-state index contributed by atoms with van der Waals surface area (Å²) in [5, 5.41) is 9.15. The number of ether oxygens (including phenoxy) is 1. The molecule has 0 fully saturated rings. The number of sulfonamides is 1. The van der Waals surface area contributed by atoms with Gasteiger partial charge >= 0.3 is 5.69 Å². The molecule has 3 N–H and O–H groups in total. The van der Waals surface area contributed by atoms with Crippen LogP contribution in [0.5, 0.6) is 11.5 Å². The summed E-state index contributed by atoms with van der Waals surface area (Å²) in [4.78, 5) is 41.7. The number of nitrogens with zero attached hydrogens (tertiary/aromatic N) is 3. The van der Waals surface area contributed by atoms with Gasteiger partial charge in [0.25, 0.3) is 11.5 Å². The number of aryl methyl sites for hydroxylation is 1. The molecular weight excluding hydrogens is 466 g/mol. The highest BCUT2D eigenvalue weighted by Crippen LogP contribution is 2.24. The molecule has 0 radical (unpaired) electrons. The van der Waals surface area contributed by atoms with E-state index in [0.717, 1.165) is 4.31 Å². The van der Waals surface area contributed by atoms with Crippen molar-refractivity contribution in [2.75, 3.05) is 7.05 Å². The maximum absolute atomic E-state index is 13.2. The van der Waals surface area contributed by atoms with Gasteiger partial charge in [-0.1, -0.05) is 0 Å². The molecule has 1 unspecified atom stereocenters. The Bertz CT molecular complexity index is 1370. The van der Waals surface area contributed by atoms with E-state index in [0.29, 0.717) is 17.2 Å². The predicted octanol–water partition coefficient (Wildman–Crippen LogP) is 0.617. The van der Waals surface area contributed by atoms with Crippen molar-refractivity contribution in [1.29, 1.82) is 0 Å². The van der Waals surface area contributed by atoms with Crippen LogP contribution in [-0.2, 0) is 21.4 Å². The van der Waals surface area contributed by atoms with Gasteiger partial charge in [-0.15, -0.1) is 0 Å². The van der Waals surface area contributed by atoms with Crippen LogP contribution >= 0.6 is 0 Å². The Labute approximate surface area is 194 Å². The summed E-state index contributed by atoms with van der Waals surface area (Å²) in [5.74, 6) is -0.0561. The van der Waals surface area contributed by atoms with E-state index in [-0.39, 0.29) is 17.9 Å².